The number of carbonyl (C=O) groups is 1. The van der Waals surface area contributed by atoms with E-state index in [1.54, 1.807) is 6.92 Å². The maximum atomic E-state index is 12.0. The summed E-state index contributed by atoms with van der Waals surface area (Å²) in [6.07, 6.45) is -6.01. The van der Waals surface area contributed by atoms with Crippen LogP contribution in [0, 0.1) is 0 Å². The van der Waals surface area contributed by atoms with Gasteiger partial charge in [-0.15, -0.1) is 0 Å². The number of fused-ring (bicyclic) bond motifs is 1. The summed E-state index contributed by atoms with van der Waals surface area (Å²) in [5.74, 6) is -0.123. The highest BCUT2D eigenvalue weighted by Crippen LogP contribution is 2.21. The third-order valence-electron chi connectivity index (χ3n) is 2.83. The fourth-order valence-electron chi connectivity index (χ4n) is 1.81. The molecule has 0 aliphatic carbocycles. The second kappa shape index (κ2) is 5.52. The van der Waals surface area contributed by atoms with Crippen LogP contribution in [0.3, 0.4) is 0 Å². The summed E-state index contributed by atoms with van der Waals surface area (Å²) < 4.78 is 36.1. The van der Waals surface area contributed by atoms with Gasteiger partial charge in [0.2, 0.25) is 5.91 Å². The molecule has 0 spiro atoms. The third kappa shape index (κ3) is 3.72. The first kappa shape index (κ1) is 14.4. The van der Waals surface area contributed by atoms with Gasteiger partial charge >= 0.3 is 6.18 Å². The molecule has 2 N–H and O–H groups in total. The summed E-state index contributed by atoms with van der Waals surface area (Å²) in [5, 5.41) is 2.50. The van der Waals surface area contributed by atoms with Crippen LogP contribution in [0.4, 0.5) is 13.2 Å². The molecule has 1 unspecified atom stereocenters. The molecule has 0 radical (unpaired) electrons. The number of nitrogens with one attached hydrogen (secondary N) is 2. The van der Waals surface area contributed by atoms with Crippen LogP contribution < -0.4 is 5.32 Å². The van der Waals surface area contributed by atoms with Crippen molar-refractivity contribution in [3.63, 3.8) is 0 Å². The number of halogens is 3. The molecule has 0 bridgehead atoms. The van der Waals surface area contributed by atoms with Gasteiger partial charge in [0.25, 0.3) is 0 Å². The molecule has 108 valence electrons. The van der Waals surface area contributed by atoms with Gasteiger partial charge in [-0.1, -0.05) is 12.1 Å². The number of benzene rings is 1. The van der Waals surface area contributed by atoms with Gasteiger partial charge < -0.3 is 10.3 Å². The first-order valence-electron chi connectivity index (χ1n) is 6.16. The summed E-state index contributed by atoms with van der Waals surface area (Å²) in [4.78, 5) is 18.7. The number of H-pyrrole nitrogens is 1. The number of hydrogen-bond acceptors (Lipinski definition) is 2. The lowest BCUT2D eigenvalue weighted by molar-refractivity contribution is -0.144. The Balaban J connectivity index is 1.97. The largest absolute Gasteiger partial charge is 0.389 e. The van der Waals surface area contributed by atoms with Crippen molar-refractivity contribution in [1.29, 1.82) is 0 Å². The molecular formula is C13H14F3N3O. The minimum absolute atomic E-state index is 0.469. The maximum absolute atomic E-state index is 12.0. The Labute approximate surface area is 113 Å². The highest BCUT2D eigenvalue weighted by atomic mass is 19.4. The molecule has 0 saturated carbocycles. The van der Waals surface area contributed by atoms with Crippen molar-refractivity contribution < 1.29 is 18.0 Å². The van der Waals surface area contributed by atoms with E-state index in [2.05, 4.69) is 15.3 Å². The van der Waals surface area contributed by atoms with Crippen LogP contribution in [0.5, 0.6) is 0 Å². The van der Waals surface area contributed by atoms with Gasteiger partial charge in [0.05, 0.1) is 23.5 Å². The van der Waals surface area contributed by atoms with Crippen LogP contribution in [0.1, 0.15) is 31.6 Å². The number of hydrogen-bond donors (Lipinski definition) is 2. The summed E-state index contributed by atoms with van der Waals surface area (Å²) in [6, 6.07) is 6.86. The standard InChI is InChI=1S/C13H14F3N3O/c1-8(17-11(20)6-7-13(14,15)16)12-18-9-4-2-3-5-10(9)19-12/h2-5,8H,6-7H2,1H3,(H,17,20)(H,18,19). The number of alkyl halides is 3. The predicted octanol–water partition coefficient (Wildman–Crippen LogP) is 3.08. The number of amides is 1. The summed E-state index contributed by atoms with van der Waals surface area (Å²) in [7, 11) is 0. The number of imidazole rings is 1. The Hall–Kier alpha value is -2.05. The fourth-order valence-corrected chi connectivity index (χ4v) is 1.81. The Bertz CT molecular complexity index is 573. The Morgan fingerprint density at radius 3 is 2.75 bits per heavy atom. The highest BCUT2D eigenvalue weighted by molar-refractivity contribution is 5.77. The lowest BCUT2D eigenvalue weighted by Crippen LogP contribution is -2.28. The van der Waals surface area contributed by atoms with E-state index in [1.807, 2.05) is 24.3 Å². The van der Waals surface area contributed by atoms with Crippen molar-refractivity contribution >= 4 is 16.9 Å². The molecule has 1 heterocycles. The zero-order chi connectivity index (χ0) is 14.8. The SMILES string of the molecule is CC(NC(=O)CCC(F)(F)F)c1nc2ccccc2[nH]1. The molecule has 1 atom stereocenters. The zero-order valence-electron chi connectivity index (χ0n) is 10.8. The molecule has 1 aromatic heterocycles. The van der Waals surface area contributed by atoms with Crippen molar-refractivity contribution in [1.82, 2.24) is 15.3 Å². The molecule has 0 fully saturated rings. The van der Waals surface area contributed by atoms with Crippen LogP contribution in [0.25, 0.3) is 11.0 Å². The van der Waals surface area contributed by atoms with Crippen LogP contribution in [-0.2, 0) is 4.79 Å². The van der Waals surface area contributed by atoms with Crippen molar-refractivity contribution in [2.75, 3.05) is 0 Å². The van der Waals surface area contributed by atoms with E-state index in [0.717, 1.165) is 11.0 Å². The van der Waals surface area contributed by atoms with Gasteiger partial charge in [-0.2, -0.15) is 13.2 Å². The van der Waals surface area contributed by atoms with E-state index in [9.17, 15) is 18.0 Å². The van der Waals surface area contributed by atoms with E-state index in [4.69, 9.17) is 0 Å². The average molecular weight is 285 g/mol. The van der Waals surface area contributed by atoms with E-state index < -0.39 is 31.0 Å². The predicted molar refractivity (Wildman–Crippen MR) is 67.9 cm³/mol. The van der Waals surface area contributed by atoms with E-state index in [1.165, 1.54) is 0 Å². The normalized spacial score (nSPS) is 13.4. The smallest absolute Gasteiger partial charge is 0.346 e. The monoisotopic (exact) mass is 285 g/mol. The van der Waals surface area contributed by atoms with E-state index in [-0.39, 0.29) is 0 Å². The van der Waals surface area contributed by atoms with Crippen molar-refractivity contribution in [2.45, 2.75) is 32.0 Å². The van der Waals surface area contributed by atoms with Crippen LogP contribution in [0.2, 0.25) is 0 Å². The number of rotatable bonds is 4. The molecule has 1 amide bonds. The molecule has 0 saturated heterocycles. The highest BCUT2D eigenvalue weighted by Gasteiger charge is 2.28. The minimum atomic E-state index is -4.32. The zero-order valence-corrected chi connectivity index (χ0v) is 10.8. The van der Waals surface area contributed by atoms with Gasteiger partial charge in [-0.05, 0) is 19.1 Å². The van der Waals surface area contributed by atoms with Gasteiger partial charge in [-0.25, -0.2) is 4.98 Å². The summed E-state index contributed by atoms with van der Waals surface area (Å²) in [5.41, 5.74) is 1.57. The second-order valence-electron chi connectivity index (χ2n) is 4.54. The molecule has 0 aliphatic heterocycles. The first-order valence-corrected chi connectivity index (χ1v) is 6.16. The number of aromatic amines is 1. The number of carbonyl (C=O) groups excluding carboxylic acids is 1. The number of para-hydroxylation sites is 2. The van der Waals surface area contributed by atoms with Gasteiger partial charge in [0.15, 0.2) is 0 Å². The molecule has 4 nitrogen and oxygen atoms in total. The van der Waals surface area contributed by atoms with Crippen LogP contribution in [-0.4, -0.2) is 22.1 Å². The van der Waals surface area contributed by atoms with Crippen LogP contribution >= 0.6 is 0 Å². The Kier molecular flexibility index (Phi) is 3.96. The lowest BCUT2D eigenvalue weighted by atomic mass is 10.2. The summed E-state index contributed by atoms with van der Waals surface area (Å²) in [6.45, 7) is 1.67. The van der Waals surface area contributed by atoms with Crippen molar-refractivity contribution in [2.24, 2.45) is 0 Å². The number of nitrogens with zero attached hydrogens (tertiary/aromatic N) is 1. The molecule has 2 rings (SSSR count). The number of aromatic nitrogens is 2. The molecule has 1 aromatic carbocycles. The quantitative estimate of drug-likeness (QED) is 0.907. The van der Waals surface area contributed by atoms with Crippen LogP contribution in [0.15, 0.2) is 24.3 Å². The Morgan fingerprint density at radius 2 is 2.10 bits per heavy atom. The fraction of sp³-hybridized carbons (Fsp3) is 0.385. The first-order chi connectivity index (χ1) is 9.35. The lowest BCUT2D eigenvalue weighted by Gasteiger charge is -2.12. The van der Waals surface area contributed by atoms with E-state index >= 15 is 0 Å². The van der Waals surface area contributed by atoms with Crippen molar-refractivity contribution in [3.8, 4) is 0 Å². The topological polar surface area (TPSA) is 57.8 Å². The molecule has 20 heavy (non-hydrogen) atoms. The van der Waals surface area contributed by atoms with Crippen molar-refractivity contribution in [3.05, 3.63) is 30.1 Å². The van der Waals surface area contributed by atoms with E-state index in [0.29, 0.717) is 5.82 Å². The maximum Gasteiger partial charge on any atom is 0.389 e. The molecule has 0 aliphatic rings. The molecular weight excluding hydrogens is 271 g/mol. The summed E-state index contributed by atoms with van der Waals surface area (Å²) >= 11 is 0. The molecule has 7 heteroatoms. The second-order valence-corrected chi connectivity index (χ2v) is 4.54. The van der Waals surface area contributed by atoms with Gasteiger partial charge in [0, 0.05) is 6.42 Å². The van der Waals surface area contributed by atoms with Gasteiger partial charge in [0.1, 0.15) is 5.82 Å². The third-order valence-corrected chi connectivity index (χ3v) is 2.83. The minimum Gasteiger partial charge on any atom is -0.346 e. The van der Waals surface area contributed by atoms with Gasteiger partial charge in [-0.3, -0.25) is 4.79 Å². The Morgan fingerprint density at radius 1 is 1.40 bits per heavy atom. The molecule has 2 aromatic rings. The average Bonchev–Trinajstić information content (AvgIpc) is 2.79.